The summed E-state index contributed by atoms with van der Waals surface area (Å²) in [5.74, 6) is 0. The first kappa shape index (κ1) is 12.1. The Bertz CT molecular complexity index is 373. The van der Waals surface area contributed by atoms with Crippen LogP contribution in [0, 0.1) is 0 Å². The van der Waals surface area contributed by atoms with Gasteiger partial charge in [0, 0.05) is 30.5 Å². The number of nitrogens with one attached hydrogen (secondary N) is 1. The predicted molar refractivity (Wildman–Crippen MR) is 73.4 cm³/mol. The van der Waals surface area contributed by atoms with Crippen LogP contribution in [0.1, 0.15) is 44.2 Å². The van der Waals surface area contributed by atoms with Crippen molar-refractivity contribution in [1.82, 2.24) is 15.2 Å². The number of rotatable bonds is 3. The van der Waals surface area contributed by atoms with E-state index in [0.29, 0.717) is 6.04 Å². The Hall–Kier alpha value is -0.930. The quantitative estimate of drug-likeness (QED) is 0.886. The zero-order chi connectivity index (χ0) is 12.4. The van der Waals surface area contributed by atoms with Gasteiger partial charge in [0.2, 0.25) is 0 Å². The molecule has 98 valence electrons. The van der Waals surface area contributed by atoms with E-state index in [-0.39, 0.29) is 0 Å². The van der Waals surface area contributed by atoms with E-state index in [0.717, 1.165) is 12.1 Å². The van der Waals surface area contributed by atoms with Crippen molar-refractivity contribution in [1.29, 1.82) is 0 Å². The summed E-state index contributed by atoms with van der Waals surface area (Å²) in [5, 5.41) is 3.68. The van der Waals surface area contributed by atoms with Crippen LogP contribution >= 0.6 is 0 Å². The van der Waals surface area contributed by atoms with Gasteiger partial charge in [0.1, 0.15) is 0 Å². The Labute approximate surface area is 110 Å². The molecule has 2 fully saturated rings. The second-order valence-electron chi connectivity index (χ2n) is 5.61. The smallest absolute Gasteiger partial charge is 0.0324 e. The summed E-state index contributed by atoms with van der Waals surface area (Å²) in [6.07, 6.45) is 9.21. The highest BCUT2D eigenvalue weighted by atomic mass is 15.2. The average molecular weight is 245 g/mol. The summed E-state index contributed by atoms with van der Waals surface area (Å²) in [7, 11) is 0. The molecule has 18 heavy (non-hydrogen) atoms. The molecule has 0 spiro atoms. The van der Waals surface area contributed by atoms with E-state index in [1.165, 1.54) is 44.3 Å². The fourth-order valence-electron chi connectivity index (χ4n) is 3.60. The van der Waals surface area contributed by atoms with E-state index in [1.807, 2.05) is 12.4 Å². The van der Waals surface area contributed by atoms with Gasteiger partial charge >= 0.3 is 0 Å². The van der Waals surface area contributed by atoms with Gasteiger partial charge in [-0.2, -0.15) is 0 Å². The molecule has 0 aromatic carbocycles. The van der Waals surface area contributed by atoms with Gasteiger partial charge in [0.25, 0.3) is 0 Å². The van der Waals surface area contributed by atoms with Gasteiger partial charge in [-0.1, -0.05) is 0 Å². The molecular formula is C15H23N3. The van der Waals surface area contributed by atoms with Gasteiger partial charge in [0.15, 0.2) is 0 Å². The number of nitrogens with zero attached hydrogens (tertiary/aromatic N) is 2. The molecule has 3 rings (SSSR count). The first-order valence-corrected chi connectivity index (χ1v) is 7.25. The molecule has 0 bridgehead atoms. The summed E-state index contributed by atoms with van der Waals surface area (Å²) in [5.41, 5.74) is 1.40. The number of hydrogen-bond acceptors (Lipinski definition) is 3. The molecule has 3 unspecified atom stereocenters. The monoisotopic (exact) mass is 245 g/mol. The fraction of sp³-hybridized carbons (Fsp3) is 0.667. The summed E-state index contributed by atoms with van der Waals surface area (Å²) >= 11 is 0. The van der Waals surface area contributed by atoms with Crippen molar-refractivity contribution in [3.8, 4) is 0 Å². The Morgan fingerprint density at radius 3 is 2.83 bits per heavy atom. The van der Waals surface area contributed by atoms with Gasteiger partial charge < -0.3 is 5.32 Å². The molecule has 0 amide bonds. The summed E-state index contributed by atoms with van der Waals surface area (Å²) in [6, 6.07) is 6.28. The lowest BCUT2D eigenvalue weighted by Gasteiger charge is -2.34. The van der Waals surface area contributed by atoms with Crippen LogP contribution < -0.4 is 5.32 Å². The fourth-order valence-corrected chi connectivity index (χ4v) is 3.60. The van der Waals surface area contributed by atoms with Crippen LogP contribution in [0.4, 0.5) is 0 Å². The predicted octanol–water partition coefficient (Wildman–Crippen LogP) is 2.36. The SMILES string of the molecule is CC(c1ccncc1)N1CCCC1C1CCCN1. The molecule has 2 saturated heterocycles. The van der Waals surface area contributed by atoms with Crippen LogP contribution in [0.25, 0.3) is 0 Å². The molecule has 3 nitrogen and oxygen atoms in total. The minimum absolute atomic E-state index is 0.517. The van der Waals surface area contributed by atoms with E-state index in [2.05, 4.69) is 34.3 Å². The molecule has 1 N–H and O–H groups in total. The van der Waals surface area contributed by atoms with Crippen molar-refractivity contribution in [3.63, 3.8) is 0 Å². The van der Waals surface area contributed by atoms with Crippen LogP contribution in [0.5, 0.6) is 0 Å². The van der Waals surface area contributed by atoms with Crippen molar-refractivity contribution in [3.05, 3.63) is 30.1 Å². The maximum atomic E-state index is 4.12. The second-order valence-corrected chi connectivity index (χ2v) is 5.61. The molecule has 3 atom stereocenters. The lowest BCUT2D eigenvalue weighted by atomic mass is 10.0. The van der Waals surface area contributed by atoms with Gasteiger partial charge in [0.05, 0.1) is 0 Å². The number of pyridine rings is 1. The van der Waals surface area contributed by atoms with Crippen LogP contribution in [0.15, 0.2) is 24.5 Å². The zero-order valence-electron chi connectivity index (χ0n) is 11.2. The second kappa shape index (κ2) is 5.37. The molecule has 3 heterocycles. The van der Waals surface area contributed by atoms with E-state index in [4.69, 9.17) is 0 Å². The van der Waals surface area contributed by atoms with Crippen molar-refractivity contribution < 1.29 is 0 Å². The van der Waals surface area contributed by atoms with Gasteiger partial charge in [-0.3, -0.25) is 9.88 Å². The lowest BCUT2D eigenvalue weighted by molar-refractivity contribution is 0.163. The lowest BCUT2D eigenvalue weighted by Crippen LogP contribution is -2.44. The Morgan fingerprint density at radius 2 is 2.11 bits per heavy atom. The first-order valence-electron chi connectivity index (χ1n) is 7.25. The Balaban J connectivity index is 1.74. The molecule has 0 saturated carbocycles. The van der Waals surface area contributed by atoms with Gasteiger partial charge in [-0.15, -0.1) is 0 Å². The minimum atomic E-state index is 0.517. The molecule has 0 aliphatic carbocycles. The molecular weight excluding hydrogens is 222 g/mol. The highest BCUT2D eigenvalue weighted by Crippen LogP contribution is 2.32. The minimum Gasteiger partial charge on any atom is -0.312 e. The summed E-state index contributed by atoms with van der Waals surface area (Å²) < 4.78 is 0. The molecule has 0 radical (unpaired) electrons. The normalized spacial score (nSPS) is 30.7. The van der Waals surface area contributed by atoms with E-state index in [9.17, 15) is 0 Å². The van der Waals surface area contributed by atoms with Gasteiger partial charge in [-0.05, 0) is 63.4 Å². The van der Waals surface area contributed by atoms with Crippen LogP contribution in [-0.4, -0.2) is 35.1 Å². The maximum Gasteiger partial charge on any atom is 0.0324 e. The maximum absolute atomic E-state index is 4.12. The molecule has 1 aromatic rings. The van der Waals surface area contributed by atoms with Crippen LogP contribution in [0.2, 0.25) is 0 Å². The van der Waals surface area contributed by atoms with Crippen molar-refractivity contribution in [2.45, 2.75) is 50.7 Å². The van der Waals surface area contributed by atoms with Gasteiger partial charge in [-0.25, -0.2) is 0 Å². The summed E-state index contributed by atoms with van der Waals surface area (Å²) in [4.78, 5) is 6.81. The van der Waals surface area contributed by atoms with Crippen LogP contribution in [0.3, 0.4) is 0 Å². The Kier molecular flexibility index (Phi) is 3.62. The molecule has 3 heteroatoms. The number of aromatic nitrogens is 1. The van der Waals surface area contributed by atoms with E-state index < -0.39 is 0 Å². The molecule has 2 aliphatic rings. The van der Waals surface area contributed by atoms with Crippen molar-refractivity contribution >= 4 is 0 Å². The third-order valence-corrected chi connectivity index (χ3v) is 4.59. The largest absolute Gasteiger partial charge is 0.312 e. The Morgan fingerprint density at radius 1 is 1.28 bits per heavy atom. The van der Waals surface area contributed by atoms with E-state index >= 15 is 0 Å². The third kappa shape index (κ3) is 2.29. The van der Waals surface area contributed by atoms with Crippen molar-refractivity contribution in [2.75, 3.05) is 13.1 Å². The first-order chi connectivity index (χ1) is 8.86. The van der Waals surface area contributed by atoms with Crippen LogP contribution in [-0.2, 0) is 0 Å². The highest BCUT2D eigenvalue weighted by molar-refractivity contribution is 5.15. The number of likely N-dealkylation sites (tertiary alicyclic amines) is 1. The zero-order valence-corrected chi connectivity index (χ0v) is 11.2. The molecule has 2 aliphatic heterocycles. The highest BCUT2D eigenvalue weighted by Gasteiger charge is 2.35. The average Bonchev–Trinajstić information content (AvgIpc) is 3.09. The number of hydrogen-bond donors (Lipinski definition) is 1. The van der Waals surface area contributed by atoms with E-state index in [1.54, 1.807) is 0 Å². The third-order valence-electron chi connectivity index (χ3n) is 4.59. The van der Waals surface area contributed by atoms with Crippen molar-refractivity contribution in [2.24, 2.45) is 0 Å². The standard InChI is InChI=1S/C15H23N3/c1-12(13-6-9-16-10-7-13)18-11-3-5-15(18)14-4-2-8-17-14/h6-7,9-10,12,14-15,17H,2-5,8,11H2,1H3. The molecule has 1 aromatic heterocycles. The summed E-state index contributed by atoms with van der Waals surface area (Å²) in [6.45, 7) is 4.79. The topological polar surface area (TPSA) is 28.2 Å².